The Morgan fingerprint density at radius 1 is 1.17 bits per heavy atom. The van der Waals surface area contributed by atoms with Crippen LogP contribution in [0.5, 0.6) is 0 Å². The van der Waals surface area contributed by atoms with Crippen LogP contribution in [0.4, 0.5) is 0 Å². The van der Waals surface area contributed by atoms with Crippen molar-refractivity contribution < 1.29 is 0 Å². The third kappa shape index (κ3) is 2.59. The summed E-state index contributed by atoms with van der Waals surface area (Å²) >= 11 is 0. The van der Waals surface area contributed by atoms with Gasteiger partial charge in [-0.05, 0) is 5.56 Å². The van der Waals surface area contributed by atoms with Gasteiger partial charge in [0.1, 0.15) is 0 Å². The third-order valence-electron chi connectivity index (χ3n) is 2.88. The first-order chi connectivity index (χ1) is 8.52. The van der Waals surface area contributed by atoms with Gasteiger partial charge in [0.15, 0.2) is 0 Å². The zero-order chi connectivity index (χ0) is 13.2. The van der Waals surface area contributed by atoms with Crippen LogP contribution in [0.25, 0.3) is 0 Å². The molecule has 18 heavy (non-hydrogen) atoms. The average molecular weight is 244 g/mol. The number of hydrogen-bond acceptors (Lipinski definition) is 3. The minimum Gasteiger partial charge on any atom is -0.325 e. The van der Waals surface area contributed by atoms with Crippen molar-refractivity contribution in [1.82, 2.24) is 15.0 Å². The van der Waals surface area contributed by atoms with E-state index in [1.165, 1.54) is 5.56 Å². The summed E-state index contributed by atoms with van der Waals surface area (Å²) in [4.78, 5) is 0. The van der Waals surface area contributed by atoms with Gasteiger partial charge in [-0.1, -0.05) is 56.3 Å². The lowest BCUT2D eigenvalue weighted by Crippen LogP contribution is -2.21. The Hall–Kier alpha value is -1.68. The summed E-state index contributed by atoms with van der Waals surface area (Å²) in [5.41, 5.74) is 8.96. The molecule has 0 radical (unpaired) electrons. The first-order valence-electron chi connectivity index (χ1n) is 6.19. The van der Waals surface area contributed by atoms with Gasteiger partial charge in [-0.25, -0.2) is 4.68 Å². The first-order valence-corrected chi connectivity index (χ1v) is 6.19. The summed E-state index contributed by atoms with van der Waals surface area (Å²) in [5, 5.41) is 8.42. The summed E-state index contributed by atoms with van der Waals surface area (Å²) < 4.78 is 1.96. The second-order valence-corrected chi connectivity index (χ2v) is 5.48. The standard InChI is InChI=1S/C14H20N4/c1-14(2,3)13-12(9-15)16-17-18(13)10-11-7-5-4-6-8-11/h4-8H,9-10,15H2,1-3H3. The second kappa shape index (κ2) is 4.90. The Morgan fingerprint density at radius 3 is 2.39 bits per heavy atom. The fraction of sp³-hybridized carbons (Fsp3) is 0.429. The quantitative estimate of drug-likeness (QED) is 0.899. The molecule has 0 saturated heterocycles. The van der Waals surface area contributed by atoms with Gasteiger partial charge in [-0.3, -0.25) is 0 Å². The molecule has 2 rings (SSSR count). The van der Waals surface area contributed by atoms with Crippen molar-refractivity contribution in [3.63, 3.8) is 0 Å². The van der Waals surface area contributed by atoms with E-state index in [-0.39, 0.29) is 5.41 Å². The van der Waals surface area contributed by atoms with Crippen LogP contribution in [0.2, 0.25) is 0 Å². The van der Waals surface area contributed by atoms with Gasteiger partial charge in [0, 0.05) is 12.0 Å². The highest BCUT2D eigenvalue weighted by Crippen LogP contribution is 2.24. The summed E-state index contributed by atoms with van der Waals surface area (Å²) in [6.45, 7) is 7.65. The van der Waals surface area contributed by atoms with E-state index in [1.807, 2.05) is 22.9 Å². The van der Waals surface area contributed by atoms with Crippen LogP contribution in [0.15, 0.2) is 30.3 Å². The lowest BCUT2D eigenvalue weighted by molar-refractivity contribution is 0.498. The molecule has 4 nitrogen and oxygen atoms in total. The van der Waals surface area contributed by atoms with E-state index in [9.17, 15) is 0 Å². The molecule has 0 amide bonds. The minimum atomic E-state index is -0.00696. The van der Waals surface area contributed by atoms with E-state index < -0.39 is 0 Å². The van der Waals surface area contributed by atoms with Gasteiger partial charge in [0.25, 0.3) is 0 Å². The zero-order valence-corrected chi connectivity index (χ0v) is 11.2. The van der Waals surface area contributed by atoms with Crippen molar-refractivity contribution in [2.75, 3.05) is 0 Å². The molecule has 0 aliphatic rings. The van der Waals surface area contributed by atoms with Gasteiger partial charge in [-0.15, -0.1) is 5.10 Å². The topological polar surface area (TPSA) is 56.7 Å². The summed E-state index contributed by atoms with van der Waals surface area (Å²) in [7, 11) is 0. The molecule has 1 heterocycles. The summed E-state index contributed by atoms with van der Waals surface area (Å²) in [6, 6.07) is 10.3. The number of rotatable bonds is 3. The van der Waals surface area contributed by atoms with Crippen LogP contribution in [-0.4, -0.2) is 15.0 Å². The highest BCUT2D eigenvalue weighted by molar-refractivity contribution is 5.22. The molecule has 0 saturated carbocycles. The van der Waals surface area contributed by atoms with Gasteiger partial charge < -0.3 is 5.73 Å². The molecule has 0 aliphatic carbocycles. The zero-order valence-electron chi connectivity index (χ0n) is 11.2. The smallest absolute Gasteiger partial charge is 0.1000 e. The molecule has 96 valence electrons. The molecular formula is C14H20N4. The van der Waals surface area contributed by atoms with Crippen LogP contribution in [0.3, 0.4) is 0 Å². The van der Waals surface area contributed by atoms with Crippen LogP contribution in [0.1, 0.15) is 37.7 Å². The lowest BCUT2D eigenvalue weighted by Gasteiger charge is -2.21. The molecule has 2 aromatic rings. The number of hydrogen-bond donors (Lipinski definition) is 1. The molecule has 1 aromatic heterocycles. The van der Waals surface area contributed by atoms with Gasteiger partial charge in [0.2, 0.25) is 0 Å². The molecule has 0 bridgehead atoms. The van der Waals surface area contributed by atoms with E-state index in [0.29, 0.717) is 6.54 Å². The maximum Gasteiger partial charge on any atom is 0.1000 e. The van der Waals surface area contributed by atoms with Crippen LogP contribution in [-0.2, 0) is 18.5 Å². The molecule has 0 aliphatic heterocycles. The van der Waals surface area contributed by atoms with Crippen LogP contribution >= 0.6 is 0 Å². The van der Waals surface area contributed by atoms with Crippen molar-refractivity contribution in [2.24, 2.45) is 5.73 Å². The number of nitrogens with zero attached hydrogens (tertiary/aromatic N) is 3. The van der Waals surface area contributed by atoms with Crippen LogP contribution < -0.4 is 5.73 Å². The van der Waals surface area contributed by atoms with E-state index in [1.54, 1.807) is 0 Å². The molecule has 1 aromatic carbocycles. The van der Waals surface area contributed by atoms with Crippen molar-refractivity contribution in [1.29, 1.82) is 0 Å². The van der Waals surface area contributed by atoms with Crippen molar-refractivity contribution in [3.8, 4) is 0 Å². The molecule has 4 heteroatoms. The normalized spacial score (nSPS) is 11.8. The van der Waals surface area contributed by atoms with Gasteiger partial charge >= 0.3 is 0 Å². The largest absolute Gasteiger partial charge is 0.325 e. The third-order valence-corrected chi connectivity index (χ3v) is 2.88. The molecular weight excluding hydrogens is 224 g/mol. The van der Waals surface area contributed by atoms with E-state index >= 15 is 0 Å². The maximum atomic E-state index is 5.74. The van der Waals surface area contributed by atoms with E-state index in [2.05, 4.69) is 43.2 Å². The minimum absolute atomic E-state index is 0.00696. The lowest BCUT2D eigenvalue weighted by atomic mass is 9.90. The predicted molar refractivity (Wildman–Crippen MR) is 72.2 cm³/mol. The van der Waals surface area contributed by atoms with E-state index in [0.717, 1.165) is 17.9 Å². The fourth-order valence-electron chi connectivity index (χ4n) is 2.17. The Labute approximate surface area is 108 Å². The van der Waals surface area contributed by atoms with Gasteiger partial charge in [-0.2, -0.15) is 0 Å². The SMILES string of the molecule is CC(C)(C)c1c(CN)nnn1Cc1ccccc1. The highest BCUT2D eigenvalue weighted by atomic mass is 15.4. The average Bonchev–Trinajstić information content (AvgIpc) is 2.73. The maximum absolute atomic E-state index is 5.74. The Bertz CT molecular complexity index is 508. The molecule has 0 atom stereocenters. The van der Waals surface area contributed by atoms with E-state index in [4.69, 9.17) is 5.73 Å². The number of aromatic nitrogens is 3. The number of benzene rings is 1. The molecule has 0 spiro atoms. The van der Waals surface area contributed by atoms with Gasteiger partial charge in [0.05, 0.1) is 17.9 Å². The summed E-state index contributed by atoms with van der Waals surface area (Å²) in [5.74, 6) is 0. The van der Waals surface area contributed by atoms with Crippen molar-refractivity contribution in [3.05, 3.63) is 47.3 Å². The molecule has 0 fully saturated rings. The molecule has 2 N–H and O–H groups in total. The Balaban J connectivity index is 2.37. The highest BCUT2D eigenvalue weighted by Gasteiger charge is 2.24. The second-order valence-electron chi connectivity index (χ2n) is 5.48. The predicted octanol–water partition coefficient (Wildman–Crippen LogP) is 2.08. The Kier molecular flexibility index (Phi) is 3.48. The number of nitrogens with two attached hydrogens (primary N) is 1. The monoisotopic (exact) mass is 244 g/mol. The molecule has 0 unspecified atom stereocenters. The fourth-order valence-corrected chi connectivity index (χ4v) is 2.17. The summed E-state index contributed by atoms with van der Waals surface area (Å²) in [6.07, 6.45) is 0. The van der Waals surface area contributed by atoms with Crippen molar-refractivity contribution in [2.45, 2.75) is 39.3 Å². The Morgan fingerprint density at radius 2 is 1.83 bits per heavy atom. The van der Waals surface area contributed by atoms with Crippen molar-refractivity contribution >= 4 is 0 Å². The first kappa shape index (κ1) is 12.8. The van der Waals surface area contributed by atoms with Crippen LogP contribution in [0, 0.1) is 0 Å².